The molecule has 1 rings (SSSR count). The fourth-order valence-electron chi connectivity index (χ4n) is 0.915. The van der Waals surface area contributed by atoms with E-state index < -0.39 is 0 Å². The molecule has 0 aliphatic rings. The third-order valence-corrected chi connectivity index (χ3v) is 1.52. The van der Waals surface area contributed by atoms with Gasteiger partial charge in [-0.1, -0.05) is 35.2 Å². The number of azide groups is 1. The summed E-state index contributed by atoms with van der Waals surface area (Å²) in [6.45, 7) is 0.115. The zero-order chi connectivity index (χ0) is 10.2. The largest absolute Gasteiger partial charge is 0.298 e. The first-order valence-corrected chi connectivity index (χ1v) is 3.92. The Hall–Kier alpha value is -2.24. The Morgan fingerprint density at radius 3 is 3.00 bits per heavy atom. The topological polar surface area (TPSA) is 65.8 Å². The van der Waals surface area contributed by atoms with Crippen LogP contribution in [0.2, 0.25) is 0 Å². The van der Waals surface area contributed by atoms with Crippen LogP contribution in [0.5, 0.6) is 0 Å². The van der Waals surface area contributed by atoms with Crippen molar-refractivity contribution in [2.45, 2.75) is 0 Å². The molecule has 0 bridgehead atoms. The van der Waals surface area contributed by atoms with Crippen LogP contribution in [0.4, 0.5) is 0 Å². The minimum atomic E-state index is 0.115. The van der Waals surface area contributed by atoms with Crippen molar-refractivity contribution in [2.75, 3.05) is 6.54 Å². The van der Waals surface area contributed by atoms with E-state index in [9.17, 15) is 4.79 Å². The van der Waals surface area contributed by atoms with Gasteiger partial charge < -0.3 is 0 Å². The molecule has 4 nitrogen and oxygen atoms in total. The van der Waals surface area contributed by atoms with Gasteiger partial charge in [0.25, 0.3) is 0 Å². The van der Waals surface area contributed by atoms with Crippen LogP contribution in [0.15, 0.2) is 29.4 Å². The first-order chi connectivity index (χ1) is 6.88. The molecule has 0 N–H and O–H groups in total. The van der Waals surface area contributed by atoms with Gasteiger partial charge in [0.1, 0.15) is 0 Å². The van der Waals surface area contributed by atoms with Crippen molar-refractivity contribution in [1.82, 2.24) is 0 Å². The summed E-state index contributed by atoms with van der Waals surface area (Å²) in [7, 11) is 0. The maximum absolute atomic E-state index is 10.6. The minimum absolute atomic E-state index is 0.115. The highest BCUT2D eigenvalue weighted by Gasteiger charge is 1.94. The van der Waals surface area contributed by atoms with E-state index in [1.807, 2.05) is 0 Å². The van der Waals surface area contributed by atoms with Crippen molar-refractivity contribution in [3.8, 4) is 11.8 Å². The normalized spacial score (nSPS) is 8.00. The van der Waals surface area contributed by atoms with Gasteiger partial charge in [-0.05, 0) is 11.6 Å². The van der Waals surface area contributed by atoms with Gasteiger partial charge in [-0.15, -0.1) is 0 Å². The first kappa shape index (κ1) is 9.85. The van der Waals surface area contributed by atoms with E-state index in [-0.39, 0.29) is 6.54 Å². The summed E-state index contributed by atoms with van der Waals surface area (Å²) in [5.41, 5.74) is 9.19. The van der Waals surface area contributed by atoms with Gasteiger partial charge in [0.05, 0.1) is 6.54 Å². The van der Waals surface area contributed by atoms with Crippen molar-refractivity contribution in [3.63, 3.8) is 0 Å². The molecule has 0 atom stereocenters. The highest BCUT2D eigenvalue weighted by molar-refractivity contribution is 5.79. The van der Waals surface area contributed by atoms with E-state index >= 15 is 0 Å². The lowest BCUT2D eigenvalue weighted by Gasteiger charge is -1.92. The zero-order valence-corrected chi connectivity index (χ0v) is 7.34. The molecule has 0 aromatic heterocycles. The van der Waals surface area contributed by atoms with Gasteiger partial charge in [0.2, 0.25) is 0 Å². The lowest BCUT2D eigenvalue weighted by Crippen LogP contribution is -1.85. The van der Waals surface area contributed by atoms with Crippen molar-refractivity contribution in [1.29, 1.82) is 0 Å². The molecule has 0 amide bonds. The predicted molar refractivity (Wildman–Crippen MR) is 52.7 cm³/mol. The Kier molecular flexibility index (Phi) is 3.81. The molecule has 4 heteroatoms. The van der Waals surface area contributed by atoms with Gasteiger partial charge in [-0.3, -0.25) is 4.79 Å². The molecule has 0 unspecified atom stereocenters. The molecular weight excluding hydrogens is 178 g/mol. The SMILES string of the molecule is [N-]=[N+]=NCC#Cc1ccccc1C=O. The Morgan fingerprint density at radius 1 is 1.50 bits per heavy atom. The summed E-state index contributed by atoms with van der Waals surface area (Å²) in [5, 5.41) is 3.26. The van der Waals surface area contributed by atoms with Crippen LogP contribution < -0.4 is 0 Å². The smallest absolute Gasteiger partial charge is 0.151 e. The molecule has 0 fully saturated rings. The van der Waals surface area contributed by atoms with Crippen LogP contribution in [0.1, 0.15) is 15.9 Å². The number of hydrogen-bond acceptors (Lipinski definition) is 2. The first-order valence-electron chi connectivity index (χ1n) is 3.92. The molecule has 68 valence electrons. The van der Waals surface area contributed by atoms with Gasteiger partial charge >= 0.3 is 0 Å². The van der Waals surface area contributed by atoms with Crippen molar-refractivity contribution in [3.05, 3.63) is 45.8 Å². The summed E-state index contributed by atoms with van der Waals surface area (Å²) < 4.78 is 0. The minimum Gasteiger partial charge on any atom is -0.298 e. The molecule has 0 aliphatic carbocycles. The van der Waals surface area contributed by atoms with E-state index in [0.717, 1.165) is 6.29 Å². The summed E-state index contributed by atoms with van der Waals surface area (Å²) >= 11 is 0. The number of carbonyl (C=O) groups is 1. The number of benzene rings is 1. The Balaban J connectivity index is 2.88. The Morgan fingerprint density at radius 2 is 2.29 bits per heavy atom. The van der Waals surface area contributed by atoms with Crippen molar-refractivity contribution >= 4 is 6.29 Å². The third-order valence-electron chi connectivity index (χ3n) is 1.52. The molecule has 0 saturated heterocycles. The van der Waals surface area contributed by atoms with E-state index in [1.54, 1.807) is 24.3 Å². The summed E-state index contributed by atoms with van der Waals surface area (Å²) in [6.07, 6.45) is 0.748. The Labute approximate surface area is 81.2 Å². The van der Waals surface area contributed by atoms with Crippen LogP contribution >= 0.6 is 0 Å². The van der Waals surface area contributed by atoms with E-state index in [2.05, 4.69) is 21.9 Å². The number of hydrogen-bond donors (Lipinski definition) is 0. The van der Waals surface area contributed by atoms with E-state index in [1.165, 1.54) is 0 Å². The van der Waals surface area contributed by atoms with Crippen LogP contribution in [0, 0.1) is 11.8 Å². The molecule has 0 spiro atoms. The fourth-order valence-corrected chi connectivity index (χ4v) is 0.915. The molecule has 1 aromatic rings. The fraction of sp³-hybridized carbons (Fsp3) is 0.100. The standard InChI is InChI=1S/C10H7N3O/c11-13-12-7-3-6-9-4-1-2-5-10(9)8-14/h1-2,4-5,8H,7H2. The second-order valence-electron chi connectivity index (χ2n) is 2.40. The number of nitrogens with zero attached hydrogens (tertiary/aromatic N) is 3. The quantitative estimate of drug-likeness (QED) is 0.229. The predicted octanol–water partition coefficient (Wildman–Crippen LogP) is 2.16. The van der Waals surface area contributed by atoms with Crippen molar-refractivity contribution < 1.29 is 4.79 Å². The zero-order valence-electron chi connectivity index (χ0n) is 7.34. The van der Waals surface area contributed by atoms with E-state index in [0.29, 0.717) is 11.1 Å². The molecule has 0 saturated carbocycles. The maximum Gasteiger partial charge on any atom is 0.151 e. The maximum atomic E-state index is 10.6. The van der Waals surface area contributed by atoms with Gasteiger partial charge in [-0.2, -0.15) is 0 Å². The summed E-state index contributed by atoms with van der Waals surface area (Å²) in [4.78, 5) is 13.1. The third kappa shape index (κ3) is 2.67. The van der Waals surface area contributed by atoms with Crippen LogP contribution in [0.25, 0.3) is 10.4 Å². The van der Waals surface area contributed by atoms with E-state index in [4.69, 9.17) is 5.53 Å². The monoisotopic (exact) mass is 185 g/mol. The average Bonchev–Trinajstić information content (AvgIpc) is 2.25. The number of carbonyl (C=O) groups excluding carboxylic acids is 1. The molecule has 0 aliphatic heterocycles. The highest BCUT2D eigenvalue weighted by atomic mass is 16.1. The molecular formula is C10H7N3O. The highest BCUT2D eigenvalue weighted by Crippen LogP contribution is 2.03. The lowest BCUT2D eigenvalue weighted by molar-refractivity contribution is 0.112. The van der Waals surface area contributed by atoms with Gasteiger partial charge in [0, 0.05) is 16.0 Å². The molecule has 1 aromatic carbocycles. The average molecular weight is 185 g/mol. The number of aldehydes is 1. The second-order valence-corrected chi connectivity index (χ2v) is 2.40. The lowest BCUT2D eigenvalue weighted by atomic mass is 10.1. The second kappa shape index (κ2) is 5.41. The van der Waals surface area contributed by atoms with Crippen LogP contribution in [-0.2, 0) is 0 Å². The van der Waals surface area contributed by atoms with Crippen LogP contribution in [-0.4, -0.2) is 12.8 Å². The molecule has 0 heterocycles. The molecule has 0 radical (unpaired) electrons. The van der Waals surface area contributed by atoms with Crippen LogP contribution in [0.3, 0.4) is 0 Å². The number of rotatable bonds is 2. The van der Waals surface area contributed by atoms with Crippen molar-refractivity contribution in [2.24, 2.45) is 5.11 Å². The Bertz CT molecular complexity index is 436. The van der Waals surface area contributed by atoms with Gasteiger partial charge in [-0.25, -0.2) is 0 Å². The molecule has 14 heavy (non-hydrogen) atoms. The summed E-state index contributed by atoms with van der Waals surface area (Å²) in [6, 6.07) is 6.99. The van der Waals surface area contributed by atoms with Gasteiger partial charge in [0.15, 0.2) is 6.29 Å². The summed E-state index contributed by atoms with van der Waals surface area (Å²) in [5.74, 6) is 5.40.